The summed E-state index contributed by atoms with van der Waals surface area (Å²) >= 11 is 0. The Morgan fingerprint density at radius 2 is 0.923 bits per heavy atom. The van der Waals surface area contributed by atoms with Gasteiger partial charge in [0.1, 0.15) is 5.82 Å². The van der Waals surface area contributed by atoms with Gasteiger partial charge < -0.3 is 10.2 Å². The van der Waals surface area contributed by atoms with Crippen molar-refractivity contribution in [2.75, 3.05) is 7.05 Å². The highest BCUT2D eigenvalue weighted by Gasteiger charge is 2.31. The smallest absolute Gasteiger partial charge is 0.239 e. The highest BCUT2D eigenvalue weighted by atomic mass is 16.2. The monoisotopic (exact) mass is 516 g/mol. The van der Waals surface area contributed by atoms with Gasteiger partial charge in [-0.05, 0) is 43.0 Å². The van der Waals surface area contributed by atoms with Gasteiger partial charge in [0.15, 0.2) is 5.78 Å². The van der Waals surface area contributed by atoms with Gasteiger partial charge in [-0.2, -0.15) is 0 Å². The standard InChI is InChI=1S/C35H36N2O2/c1-25(2)36-34(26(3)33(38)31(27-17-9-5-10-18-27)28-19-11-6-12-20-28)37(4)35(39)32(29-21-13-7-14-22-29)30-23-15-8-16-24-30/h5-25,31-32,36H,1-4H3/b34-26+. The average Bonchev–Trinajstić information content (AvgIpc) is 2.97. The number of nitrogens with zero attached hydrogens (tertiary/aromatic N) is 1. The Hall–Kier alpha value is -4.44. The molecular weight excluding hydrogens is 480 g/mol. The number of amides is 1. The second kappa shape index (κ2) is 12.9. The van der Waals surface area contributed by atoms with E-state index in [0.717, 1.165) is 22.3 Å². The molecule has 0 radical (unpaired) electrons. The van der Waals surface area contributed by atoms with E-state index in [4.69, 9.17) is 0 Å². The van der Waals surface area contributed by atoms with Crippen LogP contribution in [-0.2, 0) is 9.59 Å². The van der Waals surface area contributed by atoms with Crippen molar-refractivity contribution in [3.63, 3.8) is 0 Å². The van der Waals surface area contributed by atoms with Crippen LogP contribution in [0.25, 0.3) is 0 Å². The zero-order chi connectivity index (χ0) is 27.8. The van der Waals surface area contributed by atoms with E-state index in [-0.39, 0.29) is 17.7 Å². The van der Waals surface area contributed by atoms with E-state index >= 15 is 0 Å². The van der Waals surface area contributed by atoms with E-state index < -0.39 is 11.8 Å². The zero-order valence-corrected chi connectivity index (χ0v) is 23.0. The van der Waals surface area contributed by atoms with Gasteiger partial charge in [0.05, 0.1) is 11.8 Å². The van der Waals surface area contributed by atoms with Crippen molar-refractivity contribution in [2.24, 2.45) is 0 Å². The Morgan fingerprint density at radius 1 is 0.590 bits per heavy atom. The summed E-state index contributed by atoms with van der Waals surface area (Å²) in [5.41, 5.74) is 4.15. The van der Waals surface area contributed by atoms with Gasteiger partial charge in [-0.1, -0.05) is 121 Å². The van der Waals surface area contributed by atoms with Gasteiger partial charge in [-0.3, -0.25) is 9.59 Å². The molecule has 0 bridgehead atoms. The van der Waals surface area contributed by atoms with Gasteiger partial charge in [0.2, 0.25) is 5.91 Å². The molecule has 0 spiro atoms. The molecule has 4 rings (SSSR count). The van der Waals surface area contributed by atoms with Crippen molar-refractivity contribution in [1.29, 1.82) is 0 Å². The minimum absolute atomic E-state index is 0.0109. The molecule has 0 unspecified atom stereocenters. The summed E-state index contributed by atoms with van der Waals surface area (Å²) in [6.45, 7) is 5.83. The SMILES string of the molecule is C/C(C(=O)C(c1ccccc1)c1ccccc1)=C(/NC(C)C)N(C)C(=O)C(c1ccccc1)c1ccccc1. The third-order valence-corrected chi connectivity index (χ3v) is 6.86. The van der Waals surface area contributed by atoms with Gasteiger partial charge in [0, 0.05) is 18.7 Å². The molecule has 0 atom stereocenters. The Bertz CT molecular complexity index is 1320. The number of hydrogen-bond acceptors (Lipinski definition) is 3. The van der Waals surface area contributed by atoms with Crippen molar-refractivity contribution in [3.8, 4) is 0 Å². The third kappa shape index (κ3) is 6.53. The first-order valence-electron chi connectivity index (χ1n) is 13.4. The maximum Gasteiger partial charge on any atom is 0.239 e. The predicted octanol–water partition coefficient (Wildman–Crippen LogP) is 6.91. The number of allylic oxidation sites excluding steroid dienone is 1. The fourth-order valence-electron chi connectivity index (χ4n) is 4.92. The summed E-state index contributed by atoms with van der Waals surface area (Å²) in [6, 6.07) is 39.2. The highest BCUT2D eigenvalue weighted by Crippen LogP contribution is 2.31. The molecule has 4 aromatic carbocycles. The van der Waals surface area contributed by atoms with Crippen LogP contribution in [-0.4, -0.2) is 29.7 Å². The number of hydrogen-bond donors (Lipinski definition) is 1. The lowest BCUT2D eigenvalue weighted by atomic mass is 9.84. The molecule has 39 heavy (non-hydrogen) atoms. The van der Waals surface area contributed by atoms with E-state index in [1.807, 2.05) is 142 Å². The lowest BCUT2D eigenvalue weighted by Crippen LogP contribution is -2.41. The van der Waals surface area contributed by atoms with E-state index in [9.17, 15) is 9.59 Å². The normalized spacial score (nSPS) is 11.9. The number of ketones is 1. The number of Topliss-reactive ketones (excluding diaryl/α,β-unsaturated/α-hetero) is 1. The van der Waals surface area contributed by atoms with E-state index in [1.54, 1.807) is 11.9 Å². The van der Waals surface area contributed by atoms with Gasteiger partial charge in [0.25, 0.3) is 0 Å². The van der Waals surface area contributed by atoms with Crippen LogP contribution in [0.1, 0.15) is 54.9 Å². The maximum absolute atomic E-state index is 14.3. The van der Waals surface area contributed by atoms with Crippen molar-refractivity contribution in [3.05, 3.63) is 155 Å². The topological polar surface area (TPSA) is 49.4 Å². The largest absolute Gasteiger partial charge is 0.369 e. The number of carbonyl (C=O) groups excluding carboxylic acids is 2. The van der Waals surface area contributed by atoms with E-state index in [2.05, 4.69) is 5.32 Å². The molecule has 0 saturated carbocycles. The quantitative estimate of drug-likeness (QED) is 0.233. The molecule has 0 aromatic heterocycles. The van der Waals surface area contributed by atoms with Crippen molar-refractivity contribution in [2.45, 2.75) is 38.6 Å². The fourth-order valence-corrected chi connectivity index (χ4v) is 4.92. The molecule has 1 N–H and O–H groups in total. The molecule has 0 aliphatic heterocycles. The lowest BCUT2D eigenvalue weighted by molar-refractivity contribution is -0.129. The number of benzene rings is 4. The maximum atomic E-state index is 14.3. The van der Waals surface area contributed by atoms with Gasteiger partial charge in [-0.15, -0.1) is 0 Å². The molecule has 4 aromatic rings. The predicted molar refractivity (Wildman–Crippen MR) is 158 cm³/mol. The van der Waals surface area contributed by atoms with Crippen LogP contribution in [0.5, 0.6) is 0 Å². The van der Waals surface area contributed by atoms with E-state index in [1.165, 1.54) is 0 Å². The van der Waals surface area contributed by atoms with Crippen LogP contribution in [0.15, 0.2) is 133 Å². The minimum Gasteiger partial charge on any atom is -0.369 e. The first-order chi connectivity index (χ1) is 18.9. The summed E-state index contributed by atoms with van der Waals surface area (Å²) in [4.78, 5) is 30.1. The van der Waals surface area contributed by atoms with Crippen LogP contribution in [0.3, 0.4) is 0 Å². The van der Waals surface area contributed by atoms with Crippen LogP contribution < -0.4 is 5.32 Å². The number of rotatable bonds is 10. The first kappa shape index (κ1) is 27.6. The van der Waals surface area contributed by atoms with Crippen LogP contribution in [0.4, 0.5) is 0 Å². The molecule has 198 valence electrons. The van der Waals surface area contributed by atoms with Gasteiger partial charge >= 0.3 is 0 Å². The second-order valence-corrected chi connectivity index (χ2v) is 10.0. The molecule has 1 amide bonds. The number of nitrogens with one attached hydrogen (secondary N) is 1. The average molecular weight is 517 g/mol. The third-order valence-electron chi connectivity index (χ3n) is 6.86. The molecule has 0 heterocycles. The summed E-state index contributed by atoms with van der Waals surface area (Å²) in [5.74, 6) is -0.638. The Kier molecular flexibility index (Phi) is 9.11. The summed E-state index contributed by atoms with van der Waals surface area (Å²) < 4.78 is 0. The number of carbonyl (C=O) groups is 2. The first-order valence-corrected chi connectivity index (χ1v) is 13.4. The second-order valence-electron chi connectivity index (χ2n) is 10.0. The van der Waals surface area contributed by atoms with Crippen LogP contribution in [0, 0.1) is 0 Å². The number of likely N-dealkylation sites (N-methyl/N-ethyl adjacent to an activating group) is 1. The molecule has 0 saturated heterocycles. The summed E-state index contributed by atoms with van der Waals surface area (Å²) in [5, 5.41) is 3.42. The highest BCUT2D eigenvalue weighted by molar-refractivity contribution is 6.03. The Labute approximate surface area is 232 Å². The lowest BCUT2D eigenvalue weighted by Gasteiger charge is -2.30. The Balaban J connectivity index is 1.79. The van der Waals surface area contributed by atoms with Gasteiger partial charge in [-0.25, -0.2) is 0 Å². The Morgan fingerprint density at radius 3 is 1.26 bits per heavy atom. The molecule has 0 aliphatic carbocycles. The molecule has 0 aliphatic rings. The van der Waals surface area contributed by atoms with Crippen molar-refractivity contribution < 1.29 is 9.59 Å². The molecular formula is C35H36N2O2. The summed E-state index contributed by atoms with van der Waals surface area (Å²) in [7, 11) is 1.75. The van der Waals surface area contributed by atoms with Crippen LogP contribution in [0.2, 0.25) is 0 Å². The van der Waals surface area contributed by atoms with Crippen molar-refractivity contribution in [1.82, 2.24) is 10.2 Å². The van der Waals surface area contributed by atoms with Crippen LogP contribution >= 0.6 is 0 Å². The molecule has 4 heteroatoms. The zero-order valence-electron chi connectivity index (χ0n) is 23.0. The van der Waals surface area contributed by atoms with E-state index in [0.29, 0.717) is 11.4 Å². The van der Waals surface area contributed by atoms with Crippen molar-refractivity contribution >= 4 is 11.7 Å². The minimum atomic E-state index is -0.511. The molecule has 0 fully saturated rings. The molecule has 4 nitrogen and oxygen atoms in total. The fraction of sp³-hybridized carbons (Fsp3) is 0.200. The summed E-state index contributed by atoms with van der Waals surface area (Å²) in [6.07, 6.45) is 0.